The predicted molar refractivity (Wildman–Crippen MR) is 60.1 cm³/mol. The van der Waals surface area contributed by atoms with Crippen molar-refractivity contribution in [1.29, 1.82) is 0 Å². The number of rotatable bonds is 6. The van der Waals surface area contributed by atoms with E-state index in [4.69, 9.17) is 5.11 Å². The molecule has 5 nitrogen and oxygen atoms in total. The number of aromatic nitrogens is 1. The van der Waals surface area contributed by atoms with Crippen molar-refractivity contribution >= 4 is 5.97 Å². The van der Waals surface area contributed by atoms with Crippen molar-refractivity contribution < 1.29 is 14.6 Å². The SMILES string of the molecule is COC(=O)c1cc(CNCC(C)CO)c[nH]1. The van der Waals surface area contributed by atoms with Crippen LogP contribution in [0, 0.1) is 5.92 Å². The van der Waals surface area contributed by atoms with Crippen molar-refractivity contribution in [3.63, 3.8) is 0 Å². The van der Waals surface area contributed by atoms with Crippen molar-refractivity contribution in [2.75, 3.05) is 20.3 Å². The average Bonchev–Trinajstić information content (AvgIpc) is 2.76. The maximum Gasteiger partial charge on any atom is 0.354 e. The third-order valence-electron chi connectivity index (χ3n) is 2.28. The first-order chi connectivity index (χ1) is 7.67. The number of aliphatic hydroxyl groups excluding tert-OH is 1. The van der Waals surface area contributed by atoms with E-state index in [1.165, 1.54) is 7.11 Å². The fourth-order valence-electron chi connectivity index (χ4n) is 1.30. The molecule has 5 heteroatoms. The van der Waals surface area contributed by atoms with Crippen LogP contribution in [0.15, 0.2) is 12.3 Å². The van der Waals surface area contributed by atoms with Gasteiger partial charge in [-0.25, -0.2) is 4.79 Å². The summed E-state index contributed by atoms with van der Waals surface area (Å²) >= 11 is 0. The van der Waals surface area contributed by atoms with Gasteiger partial charge in [0.25, 0.3) is 0 Å². The van der Waals surface area contributed by atoms with Crippen LogP contribution in [0.3, 0.4) is 0 Å². The van der Waals surface area contributed by atoms with Crippen LogP contribution in [-0.4, -0.2) is 36.3 Å². The molecule has 3 N–H and O–H groups in total. The number of carbonyl (C=O) groups is 1. The second-order valence-electron chi connectivity index (χ2n) is 3.83. The zero-order chi connectivity index (χ0) is 12.0. The second-order valence-corrected chi connectivity index (χ2v) is 3.83. The Hall–Kier alpha value is -1.33. The molecule has 0 saturated heterocycles. The van der Waals surface area contributed by atoms with Gasteiger partial charge in [0.2, 0.25) is 0 Å². The molecule has 1 atom stereocenters. The van der Waals surface area contributed by atoms with Crippen molar-refractivity contribution in [1.82, 2.24) is 10.3 Å². The maximum atomic E-state index is 11.1. The van der Waals surface area contributed by atoms with Crippen molar-refractivity contribution in [3.8, 4) is 0 Å². The Kier molecular flexibility index (Phi) is 5.01. The summed E-state index contributed by atoms with van der Waals surface area (Å²) < 4.78 is 4.59. The molecule has 1 unspecified atom stereocenters. The Bertz CT molecular complexity index is 336. The number of hydrogen-bond donors (Lipinski definition) is 3. The van der Waals surface area contributed by atoms with E-state index in [9.17, 15) is 4.79 Å². The number of H-pyrrole nitrogens is 1. The number of aromatic amines is 1. The first-order valence-electron chi connectivity index (χ1n) is 5.24. The number of esters is 1. The lowest BCUT2D eigenvalue weighted by Crippen LogP contribution is -2.22. The van der Waals surface area contributed by atoms with Gasteiger partial charge in [-0.05, 0) is 17.5 Å². The van der Waals surface area contributed by atoms with Crippen molar-refractivity contribution in [3.05, 3.63) is 23.5 Å². The average molecular weight is 226 g/mol. The summed E-state index contributed by atoms with van der Waals surface area (Å²) in [5.41, 5.74) is 1.44. The Morgan fingerprint density at radius 1 is 1.69 bits per heavy atom. The largest absolute Gasteiger partial charge is 0.464 e. The molecule has 16 heavy (non-hydrogen) atoms. The third kappa shape index (κ3) is 3.67. The molecule has 0 spiro atoms. The Morgan fingerprint density at radius 2 is 2.44 bits per heavy atom. The molecule has 90 valence electrons. The van der Waals surface area contributed by atoms with Crippen LogP contribution in [0.5, 0.6) is 0 Å². The first-order valence-corrected chi connectivity index (χ1v) is 5.24. The third-order valence-corrected chi connectivity index (χ3v) is 2.28. The summed E-state index contributed by atoms with van der Waals surface area (Å²) in [6, 6.07) is 1.75. The minimum absolute atomic E-state index is 0.174. The fourth-order valence-corrected chi connectivity index (χ4v) is 1.30. The van der Waals surface area contributed by atoms with Crippen LogP contribution in [0.2, 0.25) is 0 Å². The molecule has 1 heterocycles. The van der Waals surface area contributed by atoms with Gasteiger partial charge in [0.1, 0.15) is 5.69 Å². The standard InChI is InChI=1S/C11H18N2O3/c1-8(7-14)4-12-5-9-3-10(13-6-9)11(15)16-2/h3,6,8,12-14H,4-5,7H2,1-2H3. The molecular weight excluding hydrogens is 208 g/mol. The van der Waals surface area contributed by atoms with Gasteiger partial charge in [-0.1, -0.05) is 6.92 Å². The minimum Gasteiger partial charge on any atom is -0.464 e. The first kappa shape index (κ1) is 12.7. The lowest BCUT2D eigenvalue weighted by Gasteiger charge is -2.07. The van der Waals surface area contributed by atoms with Crippen LogP contribution >= 0.6 is 0 Å². The number of methoxy groups -OCH3 is 1. The molecule has 0 amide bonds. The zero-order valence-electron chi connectivity index (χ0n) is 9.62. The minimum atomic E-state index is -0.366. The highest BCUT2D eigenvalue weighted by Crippen LogP contribution is 2.04. The summed E-state index contributed by atoms with van der Waals surface area (Å²) in [6.07, 6.45) is 1.77. The van der Waals surface area contributed by atoms with Gasteiger partial charge in [-0.3, -0.25) is 0 Å². The van der Waals surface area contributed by atoms with Gasteiger partial charge in [0.05, 0.1) is 7.11 Å². The number of carbonyl (C=O) groups excluding carboxylic acids is 1. The van der Waals surface area contributed by atoms with Crippen LogP contribution < -0.4 is 5.32 Å². The summed E-state index contributed by atoms with van der Waals surface area (Å²) in [7, 11) is 1.35. The molecule has 0 bridgehead atoms. The number of ether oxygens (including phenoxy) is 1. The van der Waals surface area contributed by atoms with Crippen LogP contribution in [-0.2, 0) is 11.3 Å². The summed E-state index contributed by atoms with van der Waals surface area (Å²) in [5.74, 6) is -0.131. The van der Waals surface area contributed by atoms with Gasteiger partial charge < -0.3 is 20.1 Å². The highest BCUT2D eigenvalue weighted by molar-refractivity contribution is 5.87. The molecule has 0 fully saturated rings. The predicted octanol–water partition coefficient (Wildman–Crippen LogP) is 0.519. The lowest BCUT2D eigenvalue weighted by atomic mass is 10.2. The topological polar surface area (TPSA) is 74.3 Å². The Morgan fingerprint density at radius 3 is 3.06 bits per heavy atom. The molecule has 0 aliphatic rings. The highest BCUT2D eigenvalue weighted by Gasteiger charge is 2.08. The molecule has 0 aliphatic heterocycles. The number of aliphatic hydroxyl groups is 1. The molecule has 0 aliphatic carbocycles. The molecule has 0 radical (unpaired) electrons. The van der Waals surface area contributed by atoms with Gasteiger partial charge in [0, 0.05) is 25.9 Å². The number of nitrogens with one attached hydrogen (secondary N) is 2. The van der Waals surface area contributed by atoms with E-state index in [-0.39, 0.29) is 18.5 Å². The van der Waals surface area contributed by atoms with E-state index < -0.39 is 0 Å². The monoisotopic (exact) mass is 226 g/mol. The van der Waals surface area contributed by atoms with Gasteiger partial charge in [0.15, 0.2) is 0 Å². The molecule has 1 aromatic heterocycles. The van der Waals surface area contributed by atoms with E-state index >= 15 is 0 Å². The smallest absolute Gasteiger partial charge is 0.354 e. The van der Waals surface area contributed by atoms with E-state index in [0.717, 1.165) is 12.1 Å². The van der Waals surface area contributed by atoms with E-state index in [2.05, 4.69) is 15.0 Å². The summed E-state index contributed by atoms with van der Waals surface area (Å²) in [6.45, 7) is 3.55. The molecule has 1 aromatic rings. The van der Waals surface area contributed by atoms with Crippen LogP contribution in [0.4, 0.5) is 0 Å². The zero-order valence-corrected chi connectivity index (χ0v) is 9.62. The van der Waals surface area contributed by atoms with E-state index in [0.29, 0.717) is 12.2 Å². The summed E-state index contributed by atoms with van der Waals surface area (Å²) in [5, 5.41) is 12.0. The molecule has 0 aromatic carbocycles. The Balaban J connectivity index is 2.38. The fraction of sp³-hybridized carbons (Fsp3) is 0.545. The second kappa shape index (κ2) is 6.30. The van der Waals surface area contributed by atoms with Crippen molar-refractivity contribution in [2.24, 2.45) is 5.92 Å². The van der Waals surface area contributed by atoms with Crippen LogP contribution in [0.25, 0.3) is 0 Å². The van der Waals surface area contributed by atoms with Crippen LogP contribution in [0.1, 0.15) is 23.0 Å². The molecular formula is C11H18N2O3. The van der Waals surface area contributed by atoms with Gasteiger partial charge in [-0.2, -0.15) is 0 Å². The van der Waals surface area contributed by atoms with Gasteiger partial charge in [-0.15, -0.1) is 0 Å². The number of hydrogen-bond acceptors (Lipinski definition) is 4. The maximum absolute atomic E-state index is 11.1. The molecule has 1 rings (SSSR count). The normalized spacial score (nSPS) is 12.4. The summed E-state index contributed by atoms with van der Waals surface area (Å²) in [4.78, 5) is 14.0. The lowest BCUT2D eigenvalue weighted by molar-refractivity contribution is 0.0595. The highest BCUT2D eigenvalue weighted by atomic mass is 16.5. The van der Waals surface area contributed by atoms with Crippen molar-refractivity contribution in [2.45, 2.75) is 13.5 Å². The quantitative estimate of drug-likeness (QED) is 0.618. The van der Waals surface area contributed by atoms with E-state index in [1.54, 1.807) is 12.3 Å². The Labute approximate surface area is 94.8 Å². The molecule has 0 saturated carbocycles. The van der Waals surface area contributed by atoms with E-state index in [1.807, 2.05) is 6.92 Å². The van der Waals surface area contributed by atoms with Gasteiger partial charge >= 0.3 is 5.97 Å².